The molecule has 1 fully saturated rings. The summed E-state index contributed by atoms with van der Waals surface area (Å²) >= 11 is 0. The first-order valence-corrected chi connectivity index (χ1v) is 12.2. The molecular weight excluding hydrogens is 536 g/mol. The van der Waals surface area contributed by atoms with Crippen molar-refractivity contribution in [1.82, 2.24) is 0 Å². The number of aliphatic hydroxyl groups excluding tert-OH is 5. The second-order valence-corrected chi connectivity index (χ2v) is 9.37. The molecule has 2 heterocycles. The Kier molecular flexibility index (Phi) is 9.10. The number of phenolic OH excluding ortho intramolecular Hbond substituents is 1. The summed E-state index contributed by atoms with van der Waals surface area (Å²) in [6.07, 6.45) is -5.94. The molecule has 0 radical (unpaired) electrons. The number of ether oxygens (including phenoxy) is 5. The Morgan fingerprint density at radius 2 is 1.80 bits per heavy atom. The summed E-state index contributed by atoms with van der Waals surface area (Å²) in [7, 11) is 1.38. The Balaban J connectivity index is 1.49. The van der Waals surface area contributed by atoms with Crippen LogP contribution in [0.2, 0.25) is 0 Å². The largest absolute Gasteiger partial charge is 0.504 e. The van der Waals surface area contributed by atoms with Crippen LogP contribution in [0, 0.1) is 11.8 Å². The number of aliphatic hydroxyl groups is 5. The number of carbonyl (C=O) groups is 2. The number of fused-ring (bicyclic) bond motifs is 1. The number of methoxy groups -OCH3 is 1. The fraction of sp³-hybridized carbons (Fsp3) is 0.462. The van der Waals surface area contributed by atoms with Crippen molar-refractivity contribution in [3.05, 3.63) is 53.3 Å². The van der Waals surface area contributed by atoms with E-state index in [1.165, 1.54) is 31.4 Å². The van der Waals surface area contributed by atoms with Crippen LogP contribution in [0.1, 0.15) is 5.56 Å². The van der Waals surface area contributed by atoms with Crippen molar-refractivity contribution in [3.63, 3.8) is 0 Å². The van der Waals surface area contributed by atoms with Gasteiger partial charge in [-0.2, -0.15) is 0 Å². The second-order valence-electron chi connectivity index (χ2n) is 9.37. The predicted molar refractivity (Wildman–Crippen MR) is 131 cm³/mol. The number of hydrogen-bond donors (Lipinski definition) is 7. The van der Waals surface area contributed by atoms with Crippen LogP contribution in [0.3, 0.4) is 0 Å². The summed E-state index contributed by atoms with van der Waals surface area (Å²) in [4.78, 5) is 24.2. The highest BCUT2D eigenvalue weighted by atomic mass is 16.8. The molecule has 0 aromatic heterocycles. The highest BCUT2D eigenvalue weighted by Gasteiger charge is 2.52. The number of aliphatic carboxylic acids is 1. The standard InChI is InChI=1S/C26H30O14/c1-36-16-6-11(2-4-14(16)28)3-5-18(30)37-9-12-7-15(29)20-13(24(34)35)10-38-25(19(12)20)40-26-23(33)22(32)21(31)17(8-27)39-26/h2-7,10,15,17,19-23,25-29,31-33H,8-9H2,1H3,(H,34,35). The van der Waals surface area contributed by atoms with Gasteiger partial charge in [-0.15, -0.1) is 0 Å². The lowest BCUT2D eigenvalue weighted by Gasteiger charge is -2.43. The Morgan fingerprint density at radius 3 is 2.48 bits per heavy atom. The van der Waals surface area contributed by atoms with E-state index in [4.69, 9.17) is 23.7 Å². The number of carboxylic acids is 1. The number of hydrogen-bond acceptors (Lipinski definition) is 13. The van der Waals surface area contributed by atoms with E-state index < -0.39 is 73.5 Å². The van der Waals surface area contributed by atoms with Crippen LogP contribution in [0.4, 0.5) is 0 Å². The molecule has 9 atom stereocenters. The molecule has 2 aliphatic heterocycles. The molecule has 218 valence electrons. The van der Waals surface area contributed by atoms with E-state index in [-0.39, 0.29) is 29.3 Å². The Bertz CT molecular complexity index is 1190. The van der Waals surface area contributed by atoms with Gasteiger partial charge in [0.15, 0.2) is 17.8 Å². The normalized spacial score (nSPS) is 33.5. The van der Waals surface area contributed by atoms with Crippen molar-refractivity contribution >= 4 is 18.0 Å². The van der Waals surface area contributed by atoms with E-state index >= 15 is 0 Å². The SMILES string of the molecule is COc1cc(C=CC(=O)OCC2=CC(O)C3C(C(=O)O)=COC(OC4OC(CO)C(O)C(O)C4O)C23)ccc1O. The Morgan fingerprint density at radius 1 is 1.05 bits per heavy atom. The summed E-state index contributed by atoms with van der Waals surface area (Å²) in [6, 6.07) is 4.43. The van der Waals surface area contributed by atoms with Gasteiger partial charge in [0.2, 0.25) is 6.29 Å². The van der Waals surface area contributed by atoms with E-state index in [0.29, 0.717) is 5.56 Å². The highest BCUT2D eigenvalue weighted by Crippen LogP contribution is 2.44. The first-order valence-electron chi connectivity index (χ1n) is 12.2. The van der Waals surface area contributed by atoms with Gasteiger partial charge in [0.1, 0.15) is 31.0 Å². The Hall–Kier alpha value is -3.50. The molecule has 0 spiro atoms. The molecular formula is C26H30O14. The zero-order chi connectivity index (χ0) is 29.1. The molecule has 1 aromatic carbocycles. The van der Waals surface area contributed by atoms with Gasteiger partial charge in [-0.1, -0.05) is 12.1 Å². The maximum atomic E-state index is 12.4. The average molecular weight is 567 g/mol. The van der Waals surface area contributed by atoms with E-state index in [2.05, 4.69) is 0 Å². The number of carbonyl (C=O) groups excluding carboxylic acids is 1. The summed E-state index contributed by atoms with van der Waals surface area (Å²) < 4.78 is 26.9. The van der Waals surface area contributed by atoms with Crippen LogP contribution in [0.5, 0.6) is 11.5 Å². The third-order valence-corrected chi connectivity index (χ3v) is 6.91. The van der Waals surface area contributed by atoms with Gasteiger partial charge in [-0.3, -0.25) is 0 Å². The molecule has 0 bridgehead atoms. The average Bonchev–Trinajstić information content (AvgIpc) is 3.27. The van der Waals surface area contributed by atoms with Crippen molar-refractivity contribution in [1.29, 1.82) is 0 Å². The number of esters is 1. The van der Waals surface area contributed by atoms with Crippen molar-refractivity contribution < 1.29 is 69.0 Å². The molecule has 3 aliphatic rings. The molecule has 4 rings (SSSR count). The van der Waals surface area contributed by atoms with Crippen molar-refractivity contribution in [3.8, 4) is 11.5 Å². The quantitative estimate of drug-likeness (QED) is 0.104. The lowest BCUT2D eigenvalue weighted by Crippen LogP contribution is -2.60. The van der Waals surface area contributed by atoms with Crippen LogP contribution in [0.25, 0.3) is 6.08 Å². The van der Waals surface area contributed by atoms with Gasteiger partial charge in [0, 0.05) is 12.0 Å². The van der Waals surface area contributed by atoms with Crippen molar-refractivity contribution in [2.75, 3.05) is 20.3 Å². The van der Waals surface area contributed by atoms with Crippen LogP contribution >= 0.6 is 0 Å². The third kappa shape index (κ3) is 5.97. The van der Waals surface area contributed by atoms with Gasteiger partial charge in [0.05, 0.1) is 37.6 Å². The topological polar surface area (TPSA) is 222 Å². The van der Waals surface area contributed by atoms with Gasteiger partial charge >= 0.3 is 11.9 Å². The van der Waals surface area contributed by atoms with Gasteiger partial charge in [0.25, 0.3) is 0 Å². The van der Waals surface area contributed by atoms with Gasteiger partial charge in [-0.25, -0.2) is 9.59 Å². The summed E-state index contributed by atoms with van der Waals surface area (Å²) in [5.41, 5.74) is 0.518. The lowest BCUT2D eigenvalue weighted by molar-refractivity contribution is -0.340. The predicted octanol–water partition coefficient (Wildman–Crippen LogP) is -1.37. The van der Waals surface area contributed by atoms with Crippen molar-refractivity contribution in [2.45, 2.75) is 43.1 Å². The smallest absolute Gasteiger partial charge is 0.335 e. The van der Waals surface area contributed by atoms with Crippen LogP contribution in [-0.4, -0.2) is 111 Å². The minimum atomic E-state index is -1.76. The molecule has 9 unspecified atom stereocenters. The minimum Gasteiger partial charge on any atom is -0.504 e. The number of aromatic hydroxyl groups is 1. The van der Waals surface area contributed by atoms with Crippen LogP contribution < -0.4 is 4.74 Å². The first-order chi connectivity index (χ1) is 19.0. The summed E-state index contributed by atoms with van der Waals surface area (Å²) in [6.45, 7) is -1.08. The molecule has 0 saturated carbocycles. The fourth-order valence-electron chi connectivity index (χ4n) is 4.83. The van der Waals surface area contributed by atoms with Crippen LogP contribution in [-0.2, 0) is 28.5 Å². The van der Waals surface area contributed by atoms with E-state index in [1.807, 2.05) is 0 Å². The molecule has 14 heteroatoms. The van der Waals surface area contributed by atoms with E-state index in [1.54, 1.807) is 6.07 Å². The number of phenols is 1. The first kappa shape index (κ1) is 29.5. The van der Waals surface area contributed by atoms with Gasteiger partial charge in [-0.05, 0) is 29.3 Å². The van der Waals surface area contributed by atoms with Gasteiger partial charge < -0.3 is 59.4 Å². The molecule has 1 aromatic rings. The zero-order valence-electron chi connectivity index (χ0n) is 21.1. The van der Waals surface area contributed by atoms with Crippen molar-refractivity contribution in [2.24, 2.45) is 11.8 Å². The molecule has 1 saturated heterocycles. The third-order valence-electron chi connectivity index (χ3n) is 6.91. The highest BCUT2D eigenvalue weighted by molar-refractivity contribution is 5.88. The summed E-state index contributed by atoms with van der Waals surface area (Å²) in [5.74, 6) is -4.10. The molecule has 14 nitrogen and oxygen atoms in total. The monoisotopic (exact) mass is 566 g/mol. The lowest BCUT2D eigenvalue weighted by atomic mass is 9.82. The minimum absolute atomic E-state index is 0.0755. The fourth-order valence-corrected chi connectivity index (χ4v) is 4.83. The number of rotatable bonds is 9. The molecule has 1 aliphatic carbocycles. The maximum Gasteiger partial charge on any atom is 0.335 e. The molecule has 7 N–H and O–H groups in total. The number of benzene rings is 1. The maximum absolute atomic E-state index is 12.4. The van der Waals surface area contributed by atoms with E-state index in [0.717, 1.165) is 12.3 Å². The second kappa shape index (κ2) is 12.3. The van der Waals surface area contributed by atoms with Crippen LogP contribution in [0.15, 0.2) is 47.8 Å². The number of carboxylic acid groups (broad SMARTS) is 1. The molecule has 0 amide bonds. The Labute approximate surface area is 227 Å². The molecule has 40 heavy (non-hydrogen) atoms. The van der Waals surface area contributed by atoms with E-state index in [9.17, 15) is 45.3 Å². The summed E-state index contributed by atoms with van der Waals surface area (Å²) in [5, 5.41) is 69.9. The zero-order valence-corrected chi connectivity index (χ0v) is 21.1.